The predicted octanol–water partition coefficient (Wildman–Crippen LogP) is 3.52. The van der Waals surface area contributed by atoms with Crippen molar-refractivity contribution in [3.05, 3.63) is 24.0 Å². The Morgan fingerprint density at radius 1 is 1.32 bits per heavy atom. The van der Waals surface area contributed by atoms with E-state index in [0.717, 1.165) is 31.2 Å². The predicted molar refractivity (Wildman–Crippen MR) is 81.6 cm³/mol. The number of rotatable bonds is 8. The Morgan fingerprint density at radius 3 is 2.63 bits per heavy atom. The van der Waals surface area contributed by atoms with E-state index in [9.17, 15) is 0 Å². The Morgan fingerprint density at radius 2 is 2.11 bits per heavy atom. The number of nitrogens with one attached hydrogen (secondary N) is 1. The minimum Gasteiger partial charge on any atom is -0.367 e. The topological polar surface area (TPSA) is 28.2 Å². The van der Waals surface area contributed by atoms with Crippen molar-refractivity contribution in [3.8, 4) is 0 Å². The smallest absolute Gasteiger partial charge is 0.0572 e. The maximum Gasteiger partial charge on any atom is 0.0572 e. The Hall–Kier alpha value is -1.09. The summed E-state index contributed by atoms with van der Waals surface area (Å²) < 4.78 is 0. The van der Waals surface area contributed by atoms with Crippen LogP contribution in [0.5, 0.6) is 0 Å². The number of hydrogen-bond acceptors (Lipinski definition) is 3. The van der Waals surface area contributed by atoms with Crippen LogP contribution in [0, 0.1) is 0 Å². The van der Waals surface area contributed by atoms with Crippen LogP contribution in [0.4, 0.5) is 5.69 Å². The Labute approximate surface area is 117 Å². The first-order chi connectivity index (χ1) is 9.26. The summed E-state index contributed by atoms with van der Waals surface area (Å²) in [6.45, 7) is 8.81. The summed E-state index contributed by atoms with van der Waals surface area (Å²) in [4.78, 5) is 7.16. The molecule has 1 aliphatic rings. The molecular weight excluding hydrogens is 234 g/mol. The van der Waals surface area contributed by atoms with Gasteiger partial charge in [-0.1, -0.05) is 13.8 Å². The van der Waals surface area contributed by atoms with Crippen molar-refractivity contribution in [2.45, 2.75) is 58.5 Å². The van der Waals surface area contributed by atoms with Crippen LogP contribution in [-0.2, 0) is 0 Å². The monoisotopic (exact) mass is 261 g/mol. The molecule has 0 spiro atoms. The number of nitrogens with zero attached hydrogens (tertiary/aromatic N) is 2. The highest BCUT2D eigenvalue weighted by Gasteiger charge is 2.28. The molecule has 1 heterocycles. The second-order valence-electron chi connectivity index (χ2n) is 5.54. The van der Waals surface area contributed by atoms with E-state index in [2.05, 4.69) is 48.1 Å². The summed E-state index contributed by atoms with van der Waals surface area (Å²) in [6.07, 6.45) is 7.10. The zero-order valence-corrected chi connectivity index (χ0v) is 12.5. The Balaban J connectivity index is 2.00. The van der Waals surface area contributed by atoms with Gasteiger partial charge in [0.15, 0.2) is 0 Å². The fourth-order valence-corrected chi connectivity index (χ4v) is 2.44. The highest BCUT2D eigenvalue weighted by atomic mass is 15.2. The molecule has 0 saturated heterocycles. The lowest BCUT2D eigenvalue weighted by atomic mass is 10.2. The summed E-state index contributed by atoms with van der Waals surface area (Å²) in [5.41, 5.74) is 2.43. The van der Waals surface area contributed by atoms with Crippen molar-refractivity contribution in [1.29, 1.82) is 0 Å². The molecule has 1 atom stereocenters. The van der Waals surface area contributed by atoms with Crippen LogP contribution in [0.25, 0.3) is 0 Å². The first-order valence-electron chi connectivity index (χ1n) is 7.72. The molecule has 1 fully saturated rings. The number of hydrogen-bond donors (Lipinski definition) is 1. The molecule has 106 valence electrons. The lowest BCUT2D eigenvalue weighted by Gasteiger charge is -2.24. The van der Waals surface area contributed by atoms with Crippen LogP contribution in [0.15, 0.2) is 18.3 Å². The highest BCUT2D eigenvalue weighted by Crippen LogP contribution is 2.31. The van der Waals surface area contributed by atoms with Gasteiger partial charge >= 0.3 is 0 Å². The number of anilines is 1. The first-order valence-corrected chi connectivity index (χ1v) is 7.72. The summed E-state index contributed by atoms with van der Waals surface area (Å²) in [7, 11) is 0. The van der Waals surface area contributed by atoms with Crippen molar-refractivity contribution in [3.63, 3.8) is 0 Å². The number of pyridine rings is 1. The van der Waals surface area contributed by atoms with E-state index < -0.39 is 0 Å². The van der Waals surface area contributed by atoms with E-state index >= 15 is 0 Å². The summed E-state index contributed by atoms with van der Waals surface area (Å²) in [6, 6.07) is 5.52. The SMILES string of the molecule is CCCNC(C)c1ccc(N(CCC)C2CC2)cn1. The quantitative estimate of drug-likeness (QED) is 0.776. The molecule has 0 bridgehead atoms. The molecule has 2 rings (SSSR count). The molecule has 0 aliphatic heterocycles. The average molecular weight is 261 g/mol. The highest BCUT2D eigenvalue weighted by molar-refractivity contribution is 5.47. The minimum atomic E-state index is 0.342. The molecule has 0 aromatic carbocycles. The molecule has 1 aromatic heterocycles. The molecule has 1 aliphatic carbocycles. The second-order valence-corrected chi connectivity index (χ2v) is 5.54. The van der Waals surface area contributed by atoms with Gasteiger partial charge in [-0.25, -0.2) is 0 Å². The van der Waals surface area contributed by atoms with Gasteiger partial charge < -0.3 is 10.2 Å². The fraction of sp³-hybridized carbons (Fsp3) is 0.688. The molecule has 1 N–H and O–H groups in total. The van der Waals surface area contributed by atoms with E-state index in [-0.39, 0.29) is 0 Å². The van der Waals surface area contributed by atoms with E-state index in [4.69, 9.17) is 0 Å². The lowest BCUT2D eigenvalue weighted by molar-refractivity contribution is 0.558. The molecule has 3 nitrogen and oxygen atoms in total. The normalized spacial score (nSPS) is 16.4. The van der Waals surface area contributed by atoms with Crippen LogP contribution in [0.3, 0.4) is 0 Å². The van der Waals surface area contributed by atoms with E-state index in [0.29, 0.717) is 6.04 Å². The molecule has 1 unspecified atom stereocenters. The van der Waals surface area contributed by atoms with Gasteiger partial charge in [0.1, 0.15) is 0 Å². The molecular formula is C16H27N3. The fourth-order valence-electron chi connectivity index (χ4n) is 2.44. The lowest BCUT2D eigenvalue weighted by Crippen LogP contribution is -2.26. The maximum absolute atomic E-state index is 4.64. The van der Waals surface area contributed by atoms with Crippen LogP contribution < -0.4 is 10.2 Å². The van der Waals surface area contributed by atoms with Crippen LogP contribution >= 0.6 is 0 Å². The summed E-state index contributed by atoms with van der Waals surface area (Å²) in [5.74, 6) is 0. The third kappa shape index (κ3) is 3.93. The third-order valence-electron chi connectivity index (χ3n) is 3.70. The van der Waals surface area contributed by atoms with Crippen LogP contribution in [0.1, 0.15) is 58.2 Å². The van der Waals surface area contributed by atoms with Gasteiger partial charge in [0, 0.05) is 18.6 Å². The standard InChI is InChI=1S/C16H27N3/c1-4-10-17-13(3)16-9-8-15(12-18-16)19(11-5-2)14-6-7-14/h8-9,12-14,17H,4-7,10-11H2,1-3H3. The minimum absolute atomic E-state index is 0.342. The van der Waals surface area contributed by atoms with Crippen molar-refractivity contribution in [1.82, 2.24) is 10.3 Å². The largest absolute Gasteiger partial charge is 0.367 e. The zero-order chi connectivity index (χ0) is 13.7. The first kappa shape index (κ1) is 14.3. The van der Waals surface area contributed by atoms with Crippen molar-refractivity contribution < 1.29 is 0 Å². The Kier molecular flexibility index (Phi) is 5.20. The van der Waals surface area contributed by atoms with E-state index in [1.54, 1.807) is 0 Å². The van der Waals surface area contributed by atoms with Crippen LogP contribution in [0.2, 0.25) is 0 Å². The number of aromatic nitrogens is 1. The van der Waals surface area contributed by atoms with Gasteiger partial charge in [-0.15, -0.1) is 0 Å². The van der Waals surface area contributed by atoms with Gasteiger partial charge in [0.25, 0.3) is 0 Å². The van der Waals surface area contributed by atoms with Crippen molar-refractivity contribution >= 4 is 5.69 Å². The van der Waals surface area contributed by atoms with Gasteiger partial charge in [0.2, 0.25) is 0 Å². The van der Waals surface area contributed by atoms with Crippen LogP contribution in [-0.4, -0.2) is 24.1 Å². The maximum atomic E-state index is 4.64. The third-order valence-corrected chi connectivity index (χ3v) is 3.70. The van der Waals surface area contributed by atoms with Gasteiger partial charge in [-0.05, 0) is 51.3 Å². The van der Waals surface area contributed by atoms with Crippen molar-refractivity contribution in [2.24, 2.45) is 0 Å². The molecule has 0 radical (unpaired) electrons. The van der Waals surface area contributed by atoms with Gasteiger partial charge in [-0.2, -0.15) is 0 Å². The molecule has 1 aromatic rings. The Bertz CT molecular complexity index is 370. The molecule has 1 saturated carbocycles. The molecule has 0 amide bonds. The molecule has 19 heavy (non-hydrogen) atoms. The van der Waals surface area contributed by atoms with Crippen molar-refractivity contribution in [2.75, 3.05) is 18.0 Å². The van der Waals surface area contributed by atoms with Gasteiger partial charge in [0.05, 0.1) is 17.6 Å². The van der Waals surface area contributed by atoms with E-state index in [1.165, 1.54) is 24.9 Å². The molecule has 3 heteroatoms. The van der Waals surface area contributed by atoms with E-state index in [1.807, 2.05) is 6.20 Å². The average Bonchev–Trinajstić information content (AvgIpc) is 3.27. The summed E-state index contributed by atoms with van der Waals surface area (Å²) >= 11 is 0. The summed E-state index contributed by atoms with van der Waals surface area (Å²) in [5, 5.41) is 3.48. The van der Waals surface area contributed by atoms with Gasteiger partial charge in [-0.3, -0.25) is 4.98 Å². The second kappa shape index (κ2) is 6.90. The zero-order valence-electron chi connectivity index (χ0n) is 12.5.